The van der Waals surface area contributed by atoms with Gasteiger partial charge in [0.05, 0.1) is 24.0 Å². The number of rotatable bonds is 6. The van der Waals surface area contributed by atoms with Crippen molar-refractivity contribution in [2.75, 3.05) is 20.8 Å². The van der Waals surface area contributed by atoms with E-state index in [2.05, 4.69) is 37.5 Å². The topological polar surface area (TPSA) is 122 Å². The molecule has 8 nitrogen and oxygen atoms in total. The molecule has 1 aromatic rings. The van der Waals surface area contributed by atoms with Crippen LogP contribution in [-0.2, 0) is 9.53 Å². The third-order valence-electron chi connectivity index (χ3n) is 2.19. The van der Waals surface area contributed by atoms with Crippen LogP contribution in [0.4, 0.5) is 0 Å². The average molecular weight is 406 g/mol. The van der Waals surface area contributed by atoms with Crippen LogP contribution in [0, 0.1) is 3.57 Å². The summed E-state index contributed by atoms with van der Waals surface area (Å²) in [7, 11) is 2.78. The summed E-state index contributed by atoms with van der Waals surface area (Å²) in [6.45, 7) is -0.204. The summed E-state index contributed by atoms with van der Waals surface area (Å²) >= 11 is 2.05. The summed E-state index contributed by atoms with van der Waals surface area (Å²) < 4.78 is 15.9. The fourth-order valence-corrected chi connectivity index (χ4v) is 2.09. The second-order valence-electron chi connectivity index (χ2n) is 3.67. The minimum atomic E-state index is -0.480. The third-order valence-corrected chi connectivity index (χ3v) is 3.00. The van der Waals surface area contributed by atoms with Gasteiger partial charge in [-0.15, -0.1) is 5.10 Å². The Balaban J connectivity index is 2.99. The van der Waals surface area contributed by atoms with Crippen LogP contribution in [0.5, 0.6) is 11.5 Å². The smallest absolute Gasteiger partial charge is 0.343 e. The predicted octanol–water partition coefficient (Wildman–Crippen LogP) is 0.459. The molecule has 21 heavy (non-hydrogen) atoms. The number of nitrogens with zero attached hydrogens (tertiary/aromatic N) is 2. The molecule has 0 aliphatic heterocycles. The van der Waals surface area contributed by atoms with Crippen LogP contribution in [0.2, 0.25) is 0 Å². The Morgan fingerprint density at radius 1 is 1.38 bits per heavy atom. The maximum atomic E-state index is 11.1. The first-order valence-corrected chi connectivity index (χ1v) is 6.75. The van der Waals surface area contributed by atoms with Crippen LogP contribution in [0.25, 0.3) is 0 Å². The van der Waals surface area contributed by atoms with E-state index in [4.69, 9.17) is 20.9 Å². The summed E-state index contributed by atoms with van der Waals surface area (Å²) in [6, 6.07) is 3.46. The van der Waals surface area contributed by atoms with Crippen LogP contribution in [0.15, 0.2) is 22.3 Å². The predicted molar refractivity (Wildman–Crippen MR) is 86.6 cm³/mol. The Bertz CT molecular complexity index is 571. The molecule has 1 aromatic carbocycles. The van der Waals surface area contributed by atoms with Gasteiger partial charge in [0.1, 0.15) is 0 Å². The molecule has 0 saturated carbocycles. The number of methoxy groups -OCH3 is 2. The summed E-state index contributed by atoms with van der Waals surface area (Å²) in [5.74, 6) is 0.289. The van der Waals surface area contributed by atoms with Gasteiger partial charge in [-0.3, -0.25) is 0 Å². The van der Waals surface area contributed by atoms with E-state index in [1.165, 1.54) is 20.4 Å². The van der Waals surface area contributed by atoms with Gasteiger partial charge in [0.15, 0.2) is 18.1 Å². The molecule has 0 unspecified atom stereocenters. The summed E-state index contributed by atoms with van der Waals surface area (Å²) in [5, 5.41) is 7.22. The molecular formula is C12H15IN4O4. The highest BCUT2D eigenvalue weighted by Gasteiger charge is 2.13. The zero-order valence-corrected chi connectivity index (χ0v) is 13.7. The Morgan fingerprint density at radius 2 is 2.10 bits per heavy atom. The molecule has 0 fully saturated rings. The Hall–Kier alpha value is -2.04. The van der Waals surface area contributed by atoms with Crippen molar-refractivity contribution in [2.45, 2.75) is 0 Å². The number of hydrogen-bond donors (Lipinski definition) is 2. The second-order valence-corrected chi connectivity index (χ2v) is 4.83. The number of carbonyl (C=O) groups excluding carboxylic acids is 1. The lowest BCUT2D eigenvalue weighted by Crippen LogP contribution is -2.21. The molecule has 114 valence electrons. The number of carbonyl (C=O) groups is 1. The fourth-order valence-electron chi connectivity index (χ4n) is 1.31. The van der Waals surface area contributed by atoms with E-state index in [-0.39, 0.29) is 12.6 Å². The van der Waals surface area contributed by atoms with Crippen LogP contribution < -0.4 is 20.9 Å². The normalized spacial score (nSPS) is 10.2. The van der Waals surface area contributed by atoms with Gasteiger partial charge < -0.3 is 25.7 Å². The second kappa shape index (κ2) is 8.29. The van der Waals surface area contributed by atoms with Crippen LogP contribution in [0.1, 0.15) is 5.56 Å². The standard InChI is InChI=1S/C12H15IN4O4/c1-19-9-4-7(5-16-17-12(14)15)3-8(13)11(9)21-6-10(18)20-2/h3-5H,6H2,1-2H3,(H4,14,15,17). The van der Waals surface area contributed by atoms with E-state index in [9.17, 15) is 4.79 Å². The molecule has 0 radical (unpaired) electrons. The van der Waals surface area contributed by atoms with Crippen molar-refractivity contribution in [3.63, 3.8) is 0 Å². The largest absolute Gasteiger partial charge is 0.493 e. The molecule has 0 aromatic heterocycles. The maximum Gasteiger partial charge on any atom is 0.343 e. The van der Waals surface area contributed by atoms with Crippen molar-refractivity contribution in [3.05, 3.63) is 21.3 Å². The summed E-state index contributed by atoms with van der Waals surface area (Å²) in [5.41, 5.74) is 11.1. The number of nitrogens with two attached hydrogens (primary N) is 2. The zero-order chi connectivity index (χ0) is 15.8. The first-order chi connectivity index (χ1) is 9.97. The highest BCUT2D eigenvalue weighted by Crippen LogP contribution is 2.33. The van der Waals surface area contributed by atoms with Gasteiger partial charge in [-0.1, -0.05) is 0 Å². The first-order valence-electron chi connectivity index (χ1n) is 5.67. The number of hydrogen-bond acceptors (Lipinski definition) is 6. The fraction of sp³-hybridized carbons (Fsp3) is 0.250. The molecule has 0 aliphatic rings. The van der Waals surface area contributed by atoms with Crippen molar-refractivity contribution in [2.24, 2.45) is 21.7 Å². The molecule has 0 aliphatic carbocycles. The van der Waals surface area contributed by atoms with Crippen molar-refractivity contribution in [1.82, 2.24) is 0 Å². The number of ether oxygens (including phenoxy) is 3. The van der Waals surface area contributed by atoms with Crippen LogP contribution in [-0.4, -0.2) is 39.0 Å². The third kappa shape index (κ3) is 5.45. The number of halogens is 1. The van der Waals surface area contributed by atoms with Gasteiger partial charge >= 0.3 is 5.97 Å². The molecule has 0 atom stereocenters. The minimum absolute atomic E-state index is 0.133. The summed E-state index contributed by atoms with van der Waals surface area (Å²) in [4.78, 5) is 11.1. The zero-order valence-electron chi connectivity index (χ0n) is 11.5. The molecule has 0 spiro atoms. The molecule has 0 bridgehead atoms. The van der Waals surface area contributed by atoms with Gasteiger partial charge in [-0.25, -0.2) is 4.79 Å². The molecule has 0 saturated heterocycles. The van der Waals surface area contributed by atoms with Gasteiger partial charge in [-0.2, -0.15) is 5.10 Å². The van der Waals surface area contributed by atoms with E-state index < -0.39 is 5.97 Å². The van der Waals surface area contributed by atoms with Crippen LogP contribution >= 0.6 is 22.6 Å². The number of benzene rings is 1. The Kier molecular flexibility index (Phi) is 6.72. The summed E-state index contributed by atoms with van der Waals surface area (Å²) in [6.07, 6.45) is 1.47. The lowest BCUT2D eigenvalue weighted by molar-refractivity contribution is -0.142. The average Bonchev–Trinajstić information content (AvgIpc) is 2.44. The molecule has 1 rings (SSSR count). The van der Waals surface area contributed by atoms with Crippen LogP contribution in [0.3, 0.4) is 0 Å². The van der Waals surface area contributed by atoms with E-state index >= 15 is 0 Å². The van der Waals surface area contributed by atoms with Gasteiger partial charge in [-0.05, 0) is 40.3 Å². The van der Waals surface area contributed by atoms with Gasteiger partial charge in [0.25, 0.3) is 0 Å². The minimum Gasteiger partial charge on any atom is -0.493 e. The van der Waals surface area contributed by atoms with Gasteiger partial charge in [0.2, 0.25) is 5.96 Å². The van der Waals surface area contributed by atoms with E-state index in [0.717, 1.165) is 3.57 Å². The molecule has 0 amide bonds. The van der Waals surface area contributed by atoms with Crippen molar-refractivity contribution in [3.8, 4) is 11.5 Å². The molecule has 9 heteroatoms. The highest BCUT2D eigenvalue weighted by atomic mass is 127. The number of guanidine groups is 1. The van der Waals surface area contributed by atoms with E-state index in [0.29, 0.717) is 17.1 Å². The lowest BCUT2D eigenvalue weighted by atomic mass is 10.2. The van der Waals surface area contributed by atoms with E-state index in [1.54, 1.807) is 12.1 Å². The molecular weight excluding hydrogens is 391 g/mol. The maximum absolute atomic E-state index is 11.1. The van der Waals surface area contributed by atoms with Crippen molar-refractivity contribution in [1.29, 1.82) is 0 Å². The number of esters is 1. The SMILES string of the molecule is COC(=O)COc1c(I)cc(C=NN=C(N)N)cc1OC. The van der Waals surface area contributed by atoms with E-state index in [1.807, 2.05) is 0 Å². The molecule has 0 heterocycles. The van der Waals surface area contributed by atoms with Crippen molar-refractivity contribution >= 4 is 40.7 Å². The quantitative estimate of drug-likeness (QED) is 0.233. The van der Waals surface area contributed by atoms with Crippen molar-refractivity contribution < 1.29 is 19.0 Å². The highest BCUT2D eigenvalue weighted by molar-refractivity contribution is 14.1. The Labute approximate surface area is 135 Å². The molecule has 4 N–H and O–H groups in total. The lowest BCUT2D eigenvalue weighted by Gasteiger charge is -2.12. The van der Waals surface area contributed by atoms with Gasteiger partial charge in [0, 0.05) is 0 Å². The monoisotopic (exact) mass is 406 g/mol. The first kappa shape index (κ1) is 17.0. The Morgan fingerprint density at radius 3 is 2.67 bits per heavy atom.